The van der Waals surface area contributed by atoms with Crippen molar-refractivity contribution in [3.8, 4) is 5.75 Å². The molecule has 0 spiro atoms. The quantitative estimate of drug-likeness (QED) is 0.522. The van der Waals surface area contributed by atoms with E-state index in [2.05, 4.69) is 87.7 Å². The Morgan fingerprint density at radius 3 is 2.43 bits per heavy atom. The lowest BCUT2D eigenvalue weighted by atomic mass is 10.2. The third kappa shape index (κ3) is 3.10. The van der Waals surface area contributed by atoms with Crippen LogP contribution in [0.1, 0.15) is 18.9 Å². The minimum Gasteiger partial charge on any atom is -0.491 e. The van der Waals surface area contributed by atoms with E-state index in [9.17, 15) is 0 Å². The Kier molecular flexibility index (Phi) is 5.76. The standard InChI is InChI=1S/C10H11I3O/c1-3-4-14-10-8(12)5-7(11)6(2)9(10)13/h5H,3-4H2,1-2H3. The van der Waals surface area contributed by atoms with Gasteiger partial charge in [0, 0.05) is 3.57 Å². The molecule has 0 heterocycles. The van der Waals surface area contributed by atoms with Crippen molar-refractivity contribution in [2.45, 2.75) is 20.3 Å². The first-order valence-electron chi connectivity index (χ1n) is 4.34. The molecule has 1 aromatic carbocycles. The van der Waals surface area contributed by atoms with Crippen LogP contribution in [-0.2, 0) is 0 Å². The highest BCUT2D eigenvalue weighted by Crippen LogP contribution is 2.32. The number of halogens is 3. The Hall–Kier alpha value is 1.21. The van der Waals surface area contributed by atoms with Crippen molar-refractivity contribution in [1.82, 2.24) is 0 Å². The molecular weight excluding hydrogens is 517 g/mol. The molecule has 1 nitrogen and oxygen atoms in total. The van der Waals surface area contributed by atoms with Crippen molar-refractivity contribution in [1.29, 1.82) is 0 Å². The summed E-state index contributed by atoms with van der Waals surface area (Å²) in [4.78, 5) is 0. The summed E-state index contributed by atoms with van der Waals surface area (Å²) in [6.07, 6.45) is 1.05. The van der Waals surface area contributed by atoms with E-state index in [1.807, 2.05) is 0 Å². The van der Waals surface area contributed by atoms with Crippen LogP contribution in [0.2, 0.25) is 0 Å². The van der Waals surface area contributed by atoms with E-state index in [0.29, 0.717) is 0 Å². The molecule has 0 N–H and O–H groups in total. The van der Waals surface area contributed by atoms with Gasteiger partial charge in [-0.05, 0) is 92.7 Å². The molecule has 0 aliphatic heterocycles. The lowest BCUT2D eigenvalue weighted by Crippen LogP contribution is -2.01. The molecule has 0 atom stereocenters. The molecule has 0 unspecified atom stereocenters. The average molecular weight is 528 g/mol. The molecule has 0 aliphatic carbocycles. The molecule has 1 aromatic rings. The fraction of sp³-hybridized carbons (Fsp3) is 0.400. The summed E-state index contributed by atoms with van der Waals surface area (Å²) in [6, 6.07) is 2.17. The van der Waals surface area contributed by atoms with Crippen molar-refractivity contribution in [2.75, 3.05) is 6.61 Å². The fourth-order valence-electron chi connectivity index (χ4n) is 1.00. The highest BCUT2D eigenvalue weighted by Gasteiger charge is 2.11. The summed E-state index contributed by atoms with van der Waals surface area (Å²) in [6.45, 7) is 5.06. The van der Waals surface area contributed by atoms with Crippen LogP contribution in [0.5, 0.6) is 5.75 Å². The number of ether oxygens (including phenoxy) is 1. The van der Waals surface area contributed by atoms with Gasteiger partial charge in [-0.25, -0.2) is 0 Å². The third-order valence-corrected chi connectivity index (χ3v) is 5.03. The van der Waals surface area contributed by atoms with Crippen LogP contribution in [0.25, 0.3) is 0 Å². The molecule has 0 radical (unpaired) electrons. The van der Waals surface area contributed by atoms with Crippen molar-refractivity contribution in [3.05, 3.63) is 22.3 Å². The SMILES string of the molecule is CCCOc1c(I)cc(I)c(C)c1I. The number of benzene rings is 1. The first-order valence-corrected chi connectivity index (χ1v) is 7.58. The minimum atomic E-state index is 0.798. The van der Waals surface area contributed by atoms with Crippen molar-refractivity contribution in [2.24, 2.45) is 0 Å². The second kappa shape index (κ2) is 6.07. The van der Waals surface area contributed by atoms with Crippen LogP contribution in [0, 0.1) is 17.6 Å². The normalized spacial score (nSPS) is 10.4. The first kappa shape index (κ1) is 13.3. The summed E-state index contributed by atoms with van der Waals surface area (Å²) < 4.78 is 9.49. The lowest BCUT2D eigenvalue weighted by Gasteiger charge is -2.12. The van der Waals surface area contributed by atoms with E-state index in [4.69, 9.17) is 4.74 Å². The summed E-state index contributed by atoms with van der Waals surface area (Å²) in [5.74, 6) is 1.05. The van der Waals surface area contributed by atoms with Crippen LogP contribution in [-0.4, -0.2) is 6.61 Å². The van der Waals surface area contributed by atoms with Crippen molar-refractivity contribution < 1.29 is 4.74 Å². The molecule has 0 bridgehead atoms. The Balaban J connectivity index is 3.09. The predicted octanol–water partition coefficient (Wildman–Crippen LogP) is 4.60. The molecule has 0 saturated carbocycles. The van der Waals surface area contributed by atoms with Gasteiger partial charge in [0.1, 0.15) is 5.75 Å². The van der Waals surface area contributed by atoms with Crippen molar-refractivity contribution in [3.63, 3.8) is 0 Å². The van der Waals surface area contributed by atoms with Crippen LogP contribution >= 0.6 is 67.8 Å². The fourth-order valence-corrected chi connectivity index (χ4v) is 4.68. The summed E-state index contributed by atoms with van der Waals surface area (Å²) in [5, 5.41) is 0. The Morgan fingerprint density at radius 1 is 1.21 bits per heavy atom. The minimum absolute atomic E-state index is 0.798. The molecule has 78 valence electrons. The second-order valence-corrected chi connectivity index (χ2v) is 6.36. The first-order chi connectivity index (χ1) is 6.57. The second-order valence-electron chi connectivity index (χ2n) is 2.96. The van der Waals surface area contributed by atoms with Crippen LogP contribution in [0.4, 0.5) is 0 Å². The van der Waals surface area contributed by atoms with Gasteiger partial charge >= 0.3 is 0 Å². The van der Waals surface area contributed by atoms with Crippen LogP contribution in [0.3, 0.4) is 0 Å². The van der Waals surface area contributed by atoms with E-state index < -0.39 is 0 Å². The molecule has 1 rings (SSSR count). The maximum Gasteiger partial charge on any atom is 0.146 e. The molecule has 0 aromatic heterocycles. The number of hydrogen-bond donors (Lipinski definition) is 0. The molecule has 14 heavy (non-hydrogen) atoms. The van der Waals surface area contributed by atoms with Gasteiger partial charge in [-0.1, -0.05) is 6.92 Å². The van der Waals surface area contributed by atoms with Crippen LogP contribution in [0.15, 0.2) is 6.07 Å². The smallest absolute Gasteiger partial charge is 0.146 e. The Morgan fingerprint density at radius 2 is 1.86 bits per heavy atom. The summed E-state index contributed by atoms with van der Waals surface area (Å²) in [7, 11) is 0. The highest BCUT2D eigenvalue weighted by atomic mass is 127. The van der Waals surface area contributed by atoms with Gasteiger partial charge in [-0.15, -0.1) is 0 Å². The van der Waals surface area contributed by atoms with Crippen LogP contribution < -0.4 is 4.74 Å². The van der Waals surface area contributed by atoms with Gasteiger partial charge in [0.05, 0.1) is 13.7 Å². The predicted molar refractivity (Wildman–Crippen MR) is 85.1 cm³/mol. The summed E-state index contributed by atoms with van der Waals surface area (Å²) >= 11 is 7.06. The van der Waals surface area contributed by atoms with Gasteiger partial charge in [0.25, 0.3) is 0 Å². The van der Waals surface area contributed by atoms with E-state index in [1.54, 1.807) is 0 Å². The largest absolute Gasteiger partial charge is 0.491 e. The topological polar surface area (TPSA) is 9.23 Å². The molecule has 0 saturated heterocycles. The van der Waals surface area contributed by atoms with E-state index in [0.717, 1.165) is 18.8 Å². The maximum atomic E-state index is 5.73. The van der Waals surface area contributed by atoms with Gasteiger partial charge in [-0.2, -0.15) is 0 Å². The molecule has 0 aliphatic rings. The molecule has 0 amide bonds. The molecule has 4 heteroatoms. The third-order valence-electron chi connectivity index (χ3n) is 1.81. The highest BCUT2D eigenvalue weighted by molar-refractivity contribution is 14.1. The monoisotopic (exact) mass is 528 g/mol. The Labute approximate surface area is 126 Å². The van der Waals surface area contributed by atoms with Gasteiger partial charge in [-0.3, -0.25) is 0 Å². The number of rotatable bonds is 3. The van der Waals surface area contributed by atoms with Gasteiger partial charge < -0.3 is 4.74 Å². The van der Waals surface area contributed by atoms with Gasteiger partial charge in [0.2, 0.25) is 0 Å². The maximum absolute atomic E-state index is 5.73. The summed E-state index contributed by atoms with van der Waals surface area (Å²) in [5.41, 5.74) is 1.32. The number of hydrogen-bond acceptors (Lipinski definition) is 1. The molecular formula is C10H11I3O. The molecule has 0 fully saturated rings. The zero-order chi connectivity index (χ0) is 10.7. The van der Waals surface area contributed by atoms with Gasteiger partial charge in [0.15, 0.2) is 0 Å². The Bertz CT molecular complexity index is 337. The van der Waals surface area contributed by atoms with Crippen molar-refractivity contribution >= 4 is 67.8 Å². The van der Waals surface area contributed by atoms with E-state index >= 15 is 0 Å². The van der Waals surface area contributed by atoms with E-state index in [-0.39, 0.29) is 0 Å². The zero-order valence-corrected chi connectivity index (χ0v) is 14.5. The average Bonchev–Trinajstić information content (AvgIpc) is 2.14. The van der Waals surface area contributed by atoms with E-state index in [1.165, 1.54) is 16.3 Å². The zero-order valence-electron chi connectivity index (χ0n) is 8.03. The lowest BCUT2D eigenvalue weighted by molar-refractivity contribution is 0.312.